The minimum atomic E-state index is 0.149. The molecule has 1 atom stereocenters. The van der Waals surface area contributed by atoms with E-state index in [4.69, 9.17) is 4.74 Å². The highest BCUT2D eigenvalue weighted by Gasteiger charge is 2.12. The summed E-state index contributed by atoms with van der Waals surface area (Å²) >= 11 is 0. The van der Waals surface area contributed by atoms with E-state index in [2.05, 4.69) is 11.9 Å². The van der Waals surface area contributed by atoms with Crippen LogP contribution in [0.3, 0.4) is 0 Å². The van der Waals surface area contributed by atoms with Gasteiger partial charge in [-0.15, -0.1) is 0 Å². The van der Waals surface area contributed by atoms with Crippen molar-refractivity contribution in [2.45, 2.75) is 32.9 Å². The summed E-state index contributed by atoms with van der Waals surface area (Å²) in [6, 6.07) is 8.00. The van der Waals surface area contributed by atoms with Gasteiger partial charge < -0.3 is 15.0 Å². The molecule has 0 radical (unpaired) electrons. The molecule has 0 fully saturated rings. The summed E-state index contributed by atoms with van der Waals surface area (Å²) in [6.07, 6.45) is 2.23. The van der Waals surface area contributed by atoms with Crippen LogP contribution in [0.5, 0.6) is 5.75 Å². The molecule has 4 nitrogen and oxygen atoms in total. The molecular weight excluding hydrogens is 264 g/mol. The van der Waals surface area contributed by atoms with Crippen molar-refractivity contribution in [2.75, 3.05) is 20.2 Å². The molecule has 0 saturated carbocycles. The van der Waals surface area contributed by atoms with Crippen LogP contribution in [-0.4, -0.2) is 37.0 Å². The first-order chi connectivity index (χ1) is 10.1. The third-order valence-corrected chi connectivity index (χ3v) is 3.17. The maximum Gasteiger partial charge on any atom is 0.224 e. The molecule has 1 N–H and O–H groups in total. The minimum Gasteiger partial charge on any atom is -0.490 e. The monoisotopic (exact) mass is 290 g/mol. The Morgan fingerprint density at radius 2 is 2.10 bits per heavy atom. The Kier molecular flexibility index (Phi) is 7.54. The van der Waals surface area contributed by atoms with Crippen molar-refractivity contribution in [3.63, 3.8) is 0 Å². The van der Waals surface area contributed by atoms with Crippen molar-refractivity contribution in [3.05, 3.63) is 42.5 Å². The summed E-state index contributed by atoms with van der Waals surface area (Å²) in [4.78, 5) is 13.8. The first-order valence-corrected chi connectivity index (χ1v) is 7.36. The van der Waals surface area contributed by atoms with Gasteiger partial charge in [-0.25, -0.2) is 0 Å². The average Bonchev–Trinajstić information content (AvgIpc) is 2.46. The molecule has 0 aromatic heterocycles. The molecule has 0 heterocycles. The van der Waals surface area contributed by atoms with Crippen LogP contribution < -0.4 is 10.1 Å². The van der Waals surface area contributed by atoms with E-state index in [0.29, 0.717) is 19.6 Å². The molecule has 0 aliphatic rings. The summed E-state index contributed by atoms with van der Waals surface area (Å²) < 4.78 is 5.44. The van der Waals surface area contributed by atoms with Gasteiger partial charge in [0.2, 0.25) is 5.91 Å². The zero-order valence-corrected chi connectivity index (χ0v) is 13.3. The van der Waals surface area contributed by atoms with Crippen molar-refractivity contribution in [1.82, 2.24) is 10.2 Å². The Balaban J connectivity index is 2.48. The third kappa shape index (κ3) is 6.45. The van der Waals surface area contributed by atoms with E-state index in [1.54, 1.807) is 11.0 Å². The topological polar surface area (TPSA) is 41.6 Å². The number of hydrogen-bond acceptors (Lipinski definition) is 3. The molecule has 21 heavy (non-hydrogen) atoms. The predicted molar refractivity (Wildman–Crippen MR) is 86.4 cm³/mol. The van der Waals surface area contributed by atoms with Gasteiger partial charge in [-0.1, -0.05) is 31.7 Å². The first-order valence-electron chi connectivity index (χ1n) is 7.36. The van der Waals surface area contributed by atoms with E-state index < -0.39 is 0 Å². The van der Waals surface area contributed by atoms with Crippen LogP contribution in [0.4, 0.5) is 0 Å². The van der Waals surface area contributed by atoms with Crippen molar-refractivity contribution >= 4 is 5.91 Å². The molecule has 1 unspecified atom stereocenters. The number of nitrogens with zero attached hydrogens (tertiary/aromatic N) is 1. The third-order valence-electron chi connectivity index (χ3n) is 3.17. The lowest BCUT2D eigenvalue weighted by Gasteiger charge is -2.20. The van der Waals surface area contributed by atoms with Gasteiger partial charge in [-0.3, -0.25) is 4.79 Å². The van der Waals surface area contributed by atoms with Crippen LogP contribution in [0.25, 0.3) is 0 Å². The fraction of sp³-hybridized carbons (Fsp3) is 0.471. The number of ether oxygens (including phenoxy) is 1. The van der Waals surface area contributed by atoms with Crippen molar-refractivity contribution in [3.8, 4) is 5.75 Å². The standard InChI is InChI=1S/C17H26N2O2/c1-5-11-21-16-9-7-15(8-10-16)13-19(4)17(20)12-14(3)18-6-2/h5,7-10,14,18H,1,6,11-13H2,2-4H3. The van der Waals surface area contributed by atoms with Gasteiger partial charge in [-0.2, -0.15) is 0 Å². The van der Waals surface area contributed by atoms with E-state index >= 15 is 0 Å². The van der Waals surface area contributed by atoms with E-state index in [9.17, 15) is 4.79 Å². The lowest BCUT2D eigenvalue weighted by Crippen LogP contribution is -2.34. The van der Waals surface area contributed by atoms with Gasteiger partial charge >= 0.3 is 0 Å². The quantitative estimate of drug-likeness (QED) is 0.711. The largest absolute Gasteiger partial charge is 0.490 e. The predicted octanol–water partition coefficient (Wildman–Crippen LogP) is 2.60. The zero-order valence-electron chi connectivity index (χ0n) is 13.3. The molecule has 0 aliphatic carbocycles. The Morgan fingerprint density at radius 3 is 2.67 bits per heavy atom. The maximum absolute atomic E-state index is 12.1. The molecule has 0 saturated heterocycles. The SMILES string of the molecule is C=CCOc1ccc(CN(C)C(=O)CC(C)NCC)cc1. The molecule has 1 aromatic carbocycles. The number of carbonyl (C=O) groups is 1. The second-order valence-corrected chi connectivity index (χ2v) is 5.16. The van der Waals surface area contributed by atoms with Crippen LogP contribution in [-0.2, 0) is 11.3 Å². The highest BCUT2D eigenvalue weighted by atomic mass is 16.5. The van der Waals surface area contributed by atoms with Crippen LogP contribution in [0.2, 0.25) is 0 Å². The zero-order chi connectivity index (χ0) is 15.7. The molecule has 0 spiro atoms. The van der Waals surface area contributed by atoms with Crippen molar-refractivity contribution < 1.29 is 9.53 Å². The van der Waals surface area contributed by atoms with Crippen molar-refractivity contribution in [1.29, 1.82) is 0 Å². The van der Waals surface area contributed by atoms with Crippen molar-refractivity contribution in [2.24, 2.45) is 0 Å². The number of nitrogens with one attached hydrogen (secondary N) is 1. The van der Waals surface area contributed by atoms with E-state index in [-0.39, 0.29) is 11.9 Å². The first kappa shape index (κ1) is 17.2. The van der Waals surface area contributed by atoms with Gasteiger partial charge in [0, 0.05) is 26.1 Å². The molecular formula is C17H26N2O2. The molecule has 1 amide bonds. The molecule has 1 rings (SSSR count). The summed E-state index contributed by atoms with van der Waals surface area (Å²) in [7, 11) is 1.84. The Hall–Kier alpha value is -1.81. The highest BCUT2D eigenvalue weighted by Crippen LogP contribution is 2.13. The minimum absolute atomic E-state index is 0.149. The molecule has 0 aliphatic heterocycles. The number of benzene rings is 1. The smallest absolute Gasteiger partial charge is 0.224 e. The van der Waals surface area contributed by atoms with E-state index in [1.807, 2.05) is 45.2 Å². The summed E-state index contributed by atoms with van der Waals surface area (Å²) in [5.41, 5.74) is 1.09. The fourth-order valence-corrected chi connectivity index (χ4v) is 2.05. The van der Waals surface area contributed by atoms with Gasteiger partial charge in [-0.05, 0) is 31.2 Å². The maximum atomic E-state index is 12.1. The van der Waals surface area contributed by atoms with Gasteiger partial charge in [0.15, 0.2) is 0 Å². The Labute approximate surface area is 127 Å². The van der Waals surface area contributed by atoms with Crippen LogP contribution in [0, 0.1) is 0 Å². The fourth-order valence-electron chi connectivity index (χ4n) is 2.05. The molecule has 1 aromatic rings. The Bertz CT molecular complexity index is 443. The summed E-state index contributed by atoms with van der Waals surface area (Å²) in [5.74, 6) is 0.962. The number of carbonyl (C=O) groups excluding carboxylic acids is 1. The summed E-state index contributed by atoms with van der Waals surface area (Å²) in [5, 5.41) is 3.25. The molecule has 116 valence electrons. The van der Waals surface area contributed by atoms with E-state index in [0.717, 1.165) is 17.9 Å². The van der Waals surface area contributed by atoms with Crippen LogP contribution >= 0.6 is 0 Å². The average molecular weight is 290 g/mol. The van der Waals surface area contributed by atoms with E-state index in [1.165, 1.54) is 0 Å². The van der Waals surface area contributed by atoms with Gasteiger partial charge in [0.05, 0.1) is 0 Å². The number of hydrogen-bond donors (Lipinski definition) is 1. The van der Waals surface area contributed by atoms with Crippen LogP contribution in [0.1, 0.15) is 25.8 Å². The second-order valence-electron chi connectivity index (χ2n) is 5.16. The van der Waals surface area contributed by atoms with Gasteiger partial charge in [0.25, 0.3) is 0 Å². The highest BCUT2D eigenvalue weighted by molar-refractivity contribution is 5.76. The number of rotatable bonds is 9. The normalized spacial score (nSPS) is 11.8. The number of amides is 1. The lowest BCUT2D eigenvalue weighted by atomic mass is 10.1. The van der Waals surface area contributed by atoms with Gasteiger partial charge in [0.1, 0.15) is 12.4 Å². The molecule has 0 bridgehead atoms. The summed E-state index contributed by atoms with van der Waals surface area (Å²) in [6.45, 7) is 9.68. The Morgan fingerprint density at radius 1 is 1.43 bits per heavy atom. The molecule has 4 heteroatoms. The second kappa shape index (κ2) is 9.19. The lowest BCUT2D eigenvalue weighted by molar-refractivity contribution is -0.130. The van der Waals surface area contributed by atoms with Crippen LogP contribution in [0.15, 0.2) is 36.9 Å².